The van der Waals surface area contributed by atoms with E-state index in [0.29, 0.717) is 6.73 Å². The maximum atomic E-state index is 5.43. The lowest BCUT2D eigenvalue weighted by atomic mass is 10.3. The van der Waals surface area contributed by atoms with Crippen molar-refractivity contribution in [3.63, 3.8) is 0 Å². The molecule has 0 saturated heterocycles. The molecule has 0 radical (unpaired) electrons. The zero-order chi connectivity index (χ0) is 11.1. The second-order valence-corrected chi connectivity index (χ2v) is 3.71. The molecule has 1 aromatic rings. The normalized spacial score (nSPS) is 10.9. The summed E-state index contributed by atoms with van der Waals surface area (Å²) in [6, 6.07) is 0. The first kappa shape index (κ1) is 12.2. The van der Waals surface area contributed by atoms with E-state index >= 15 is 0 Å². The summed E-state index contributed by atoms with van der Waals surface area (Å²) in [4.78, 5) is 0. The van der Waals surface area contributed by atoms with Crippen LogP contribution in [0.2, 0.25) is 0 Å². The van der Waals surface area contributed by atoms with Crippen molar-refractivity contribution in [1.29, 1.82) is 0 Å². The van der Waals surface area contributed by atoms with Crippen molar-refractivity contribution in [2.45, 2.75) is 53.3 Å². The Labute approximate surface area is 92.7 Å². The topological polar surface area (TPSA) is 18.0 Å². The van der Waals surface area contributed by atoms with Gasteiger partial charge in [-0.15, -0.1) is 0 Å². The van der Waals surface area contributed by atoms with Crippen molar-refractivity contribution in [3.05, 3.63) is 18.2 Å². The molecule has 0 spiro atoms. The SMILES string of the molecule is CCCCn1cc[n+](COCC)c1CC. The Morgan fingerprint density at radius 1 is 1.33 bits per heavy atom. The Hall–Kier alpha value is -0.830. The van der Waals surface area contributed by atoms with Gasteiger partial charge < -0.3 is 4.74 Å². The molecule has 86 valence electrons. The van der Waals surface area contributed by atoms with Gasteiger partial charge in [0.25, 0.3) is 5.82 Å². The first-order valence-corrected chi connectivity index (χ1v) is 5.98. The number of unbranched alkanes of at least 4 members (excludes halogenated alkanes) is 1. The molecule has 3 nitrogen and oxygen atoms in total. The third-order valence-electron chi connectivity index (χ3n) is 2.59. The first-order valence-electron chi connectivity index (χ1n) is 5.98. The fourth-order valence-corrected chi connectivity index (χ4v) is 1.74. The summed E-state index contributed by atoms with van der Waals surface area (Å²) in [6.07, 6.45) is 7.82. The molecule has 0 saturated carbocycles. The second-order valence-electron chi connectivity index (χ2n) is 3.71. The van der Waals surface area contributed by atoms with E-state index < -0.39 is 0 Å². The number of rotatable bonds is 7. The Kier molecular flexibility index (Phi) is 5.40. The number of hydrogen-bond acceptors (Lipinski definition) is 1. The highest BCUT2D eigenvalue weighted by Crippen LogP contribution is 2.00. The molecule has 0 aliphatic carbocycles. The molecule has 0 aliphatic rings. The molecule has 0 unspecified atom stereocenters. The molecule has 15 heavy (non-hydrogen) atoms. The van der Waals surface area contributed by atoms with E-state index in [4.69, 9.17) is 4.74 Å². The van der Waals surface area contributed by atoms with Crippen LogP contribution in [0, 0.1) is 0 Å². The minimum Gasteiger partial charge on any atom is -0.342 e. The quantitative estimate of drug-likeness (QED) is 0.632. The zero-order valence-electron chi connectivity index (χ0n) is 10.2. The summed E-state index contributed by atoms with van der Waals surface area (Å²) in [5, 5.41) is 0. The predicted octanol–water partition coefficient (Wildman–Crippen LogP) is 2.13. The van der Waals surface area contributed by atoms with Crippen LogP contribution in [-0.2, 0) is 24.4 Å². The smallest absolute Gasteiger partial charge is 0.258 e. The molecule has 0 N–H and O–H groups in total. The van der Waals surface area contributed by atoms with E-state index in [9.17, 15) is 0 Å². The Balaban J connectivity index is 2.66. The van der Waals surface area contributed by atoms with Crippen LogP contribution < -0.4 is 4.57 Å². The molecule has 0 aliphatic heterocycles. The van der Waals surface area contributed by atoms with Crippen molar-refractivity contribution >= 4 is 0 Å². The number of hydrogen-bond donors (Lipinski definition) is 0. The lowest BCUT2D eigenvalue weighted by molar-refractivity contribution is -0.738. The van der Waals surface area contributed by atoms with Gasteiger partial charge in [-0.3, -0.25) is 0 Å². The minimum absolute atomic E-state index is 0.679. The minimum atomic E-state index is 0.679. The van der Waals surface area contributed by atoms with E-state index in [1.807, 2.05) is 6.92 Å². The Bertz CT molecular complexity index is 256. The highest BCUT2D eigenvalue weighted by atomic mass is 16.5. The van der Waals surface area contributed by atoms with Crippen molar-refractivity contribution in [3.8, 4) is 0 Å². The van der Waals surface area contributed by atoms with Crippen LogP contribution in [0.5, 0.6) is 0 Å². The van der Waals surface area contributed by atoms with Crippen LogP contribution in [0.1, 0.15) is 39.4 Å². The summed E-state index contributed by atoms with van der Waals surface area (Å²) >= 11 is 0. The highest BCUT2D eigenvalue weighted by Gasteiger charge is 2.13. The van der Waals surface area contributed by atoms with E-state index in [2.05, 4.69) is 35.4 Å². The summed E-state index contributed by atoms with van der Waals surface area (Å²) < 4.78 is 9.96. The average molecular weight is 211 g/mol. The van der Waals surface area contributed by atoms with Gasteiger partial charge in [-0.2, -0.15) is 0 Å². The third-order valence-corrected chi connectivity index (χ3v) is 2.59. The molecule has 0 atom stereocenters. The van der Waals surface area contributed by atoms with Gasteiger partial charge in [-0.1, -0.05) is 20.3 Å². The molecular formula is C12H23N2O+. The van der Waals surface area contributed by atoms with Crippen molar-refractivity contribution in [1.82, 2.24) is 4.57 Å². The van der Waals surface area contributed by atoms with Crippen molar-refractivity contribution in [2.24, 2.45) is 0 Å². The maximum Gasteiger partial charge on any atom is 0.258 e. The number of ether oxygens (including phenoxy) is 1. The lowest BCUT2D eigenvalue weighted by Crippen LogP contribution is -2.38. The van der Waals surface area contributed by atoms with Crippen molar-refractivity contribution < 1.29 is 9.30 Å². The van der Waals surface area contributed by atoms with Crippen LogP contribution in [0.3, 0.4) is 0 Å². The van der Waals surface area contributed by atoms with Gasteiger partial charge in [-0.25, -0.2) is 9.13 Å². The van der Waals surface area contributed by atoms with Crippen LogP contribution in [0.25, 0.3) is 0 Å². The van der Waals surface area contributed by atoms with Gasteiger partial charge in [-0.05, 0) is 13.3 Å². The van der Waals surface area contributed by atoms with Crippen LogP contribution in [0.4, 0.5) is 0 Å². The van der Waals surface area contributed by atoms with Gasteiger partial charge in [0.05, 0.1) is 6.54 Å². The maximum absolute atomic E-state index is 5.43. The summed E-state index contributed by atoms with van der Waals surface area (Å²) in [5.41, 5.74) is 0. The molecule has 0 aromatic carbocycles. The largest absolute Gasteiger partial charge is 0.342 e. The van der Waals surface area contributed by atoms with Gasteiger partial charge in [0.1, 0.15) is 12.4 Å². The molecule has 1 rings (SSSR count). The van der Waals surface area contributed by atoms with E-state index in [1.165, 1.54) is 18.7 Å². The summed E-state index contributed by atoms with van der Waals surface area (Å²) in [5.74, 6) is 1.36. The number of imidazole rings is 1. The van der Waals surface area contributed by atoms with Crippen LogP contribution >= 0.6 is 0 Å². The fourth-order valence-electron chi connectivity index (χ4n) is 1.74. The van der Waals surface area contributed by atoms with Crippen molar-refractivity contribution in [2.75, 3.05) is 6.61 Å². The van der Waals surface area contributed by atoms with Gasteiger partial charge >= 0.3 is 0 Å². The van der Waals surface area contributed by atoms with Gasteiger partial charge in [0.2, 0.25) is 0 Å². The summed E-state index contributed by atoms with van der Waals surface area (Å²) in [7, 11) is 0. The van der Waals surface area contributed by atoms with E-state index in [1.54, 1.807) is 0 Å². The average Bonchev–Trinajstić information content (AvgIpc) is 2.65. The van der Waals surface area contributed by atoms with Crippen LogP contribution in [-0.4, -0.2) is 11.2 Å². The lowest BCUT2D eigenvalue weighted by Gasteiger charge is -2.02. The molecular weight excluding hydrogens is 188 g/mol. The second kappa shape index (κ2) is 6.62. The number of aromatic nitrogens is 2. The summed E-state index contributed by atoms with van der Waals surface area (Å²) in [6.45, 7) is 9.03. The highest BCUT2D eigenvalue weighted by molar-refractivity contribution is 4.82. The first-order chi connectivity index (χ1) is 7.33. The molecule has 0 amide bonds. The third kappa shape index (κ3) is 3.34. The van der Waals surface area contributed by atoms with E-state index in [0.717, 1.165) is 19.6 Å². The number of nitrogens with zero attached hydrogens (tertiary/aromatic N) is 2. The van der Waals surface area contributed by atoms with E-state index in [-0.39, 0.29) is 0 Å². The molecule has 0 fully saturated rings. The Morgan fingerprint density at radius 2 is 2.13 bits per heavy atom. The molecule has 0 bridgehead atoms. The predicted molar refractivity (Wildman–Crippen MR) is 60.5 cm³/mol. The van der Waals surface area contributed by atoms with Gasteiger partial charge in [0.15, 0.2) is 6.73 Å². The fraction of sp³-hybridized carbons (Fsp3) is 0.750. The van der Waals surface area contributed by atoms with Crippen LogP contribution in [0.15, 0.2) is 12.4 Å². The molecule has 3 heteroatoms. The number of aryl methyl sites for hydroxylation is 1. The Morgan fingerprint density at radius 3 is 2.73 bits per heavy atom. The standard InChI is InChI=1S/C12H23N2O/c1-4-7-8-13-9-10-14(11-15-6-3)12(13)5-2/h9-10H,4-8,11H2,1-3H3/q+1. The molecule has 1 aromatic heterocycles. The zero-order valence-corrected chi connectivity index (χ0v) is 10.2. The monoisotopic (exact) mass is 211 g/mol. The molecule has 1 heterocycles. The van der Waals surface area contributed by atoms with Gasteiger partial charge in [0, 0.05) is 13.0 Å².